The highest BCUT2D eigenvalue weighted by molar-refractivity contribution is 7.98. The number of thioether (sulfide) groups is 1. The quantitative estimate of drug-likeness (QED) is 0.642. The number of rotatable bonds is 9. The number of ether oxygens (including phenoxy) is 1. The van der Waals surface area contributed by atoms with Crippen molar-refractivity contribution in [1.82, 2.24) is 5.32 Å². The molecule has 3 nitrogen and oxygen atoms in total. The van der Waals surface area contributed by atoms with E-state index in [1.165, 1.54) is 11.1 Å². The van der Waals surface area contributed by atoms with Crippen molar-refractivity contribution >= 4 is 17.7 Å². The maximum Gasteiger partial charge on any atom is 0.261 e. The van der Waals surface area contributed by atoms with Crippen molar-refractivity contribution in [2.45, 2.75) is 46.0 Å². The van der Waals surface area contributed by atoms with Gasteiger partial charge in [0.15, 0.2) is 6.10 Å². The minimum Gasteiger partial charge on any atom is -0.481 e. The number of hydrogen-bond acceptors (Lipinski definition) is 3. The second kappa shape index (κ2) is 10.3. The Morgan fingerprint density at radius 2 is 1.81 bits per heavy atom. The fourth-order valence-corrected chi connectivity index (χ4v) is 3.74. The minimum atomic E-state index is -0.447. The Labute approximate surface area is 161 Å². The SMILES string of the molecule is CC[C@@H](Oc1cc(C)cc(C)c1)C(=O)NCCSCc1ccccc1C. The summed E-state index contributed by atoms with van der Waals surface area (Å²) in [6.07, 6.45) is 0.201. The van der Waals surface area contributed by atoms with Gasteiger partial charge in [-0.3, -0.25) is 4.79 Å². The van der Waals surface area contributed by atoms with E-state index < -0.39 is 6.10 Å². The first-order chi connectivity index (χ1) is 12.5. The molecule has 0 saturated heterocycles. The second-order valence-electron chi connectivity index (χ2n) is 6.61. The standard InChI is InChI=1S/C22H29NO2S/c1-5-21(25-20-13-16(2)12-17(3)14-20)22(24)23-10-11-26-15-19-9-7-6-8-18(19)4/h6-9,12-14,21H,5,10-11,15H2,1-4H3,(H,23,24)/t21-/m1/s1. The van der Waals surface area contributed by atoms with E-state index in [-0.39, 0.29) is 5.91 Å². The normalized spacial score (nSPS) is 11.8. The summed E-state index contributed by atoms with van der Waals surface area (Å²) in [4.78, 5) is 12.4. The molecule has 1 N–H and O–H groups in total. The van der Waals surface area contributed by atoms with Crippen LogP contribution in [0.3, 0.4) is 0 Å². The molecule has 1 atom stereocenters. The summed E-state index contributed by atoms with van der Waals surface area (Å²) in [6, 6.07) is 14.5. The predicted molar refractivity (Wildman–Crippen MR) is 111 cm³/mol. The van der Waals surface area contributed by atoms with Crippen LogP contribution in [-0.4, -0.2) is 24.3 Å². The predicted octanol–water partition coefficient (Wildman–Crippen LogP) is 4.82. The lowest BCUT2D eigenvalue weighted by atomic mass is 10.1. The summed E-state index contributed by atoms with van der Waals surface area (Å²) in [5, 5.41) is 3.00. The van der Waals surface area contributed by atoms with Gasteiger partial charge in [-0.1, -0.05) is 37.3 Å². The van der Waals surface area contributed by atoms with Gasteiger partial charge >= 0.3 is 0 Å². The first kappa shape index (κ1) is 20.4. The third kappa shape index (κ3) is 6.41. The Hall–Kier alpha value is -1.94. The third-order valence-corrected chi connectivity index (χ3v) is 5.21. The van der Waals surface area contributed by atoms with Gasteiger partial charge in [-0.05, 0) is 61.6 Å². The van der Waals surface area contributed by atoms with Crippen molar-refractivity contribution in [2.24, 2.45) is 0 Å². The first-order valence-electron chi connectivity index (χ1n) is 9.14. The van der Waals surface area contributed by atoms with Crippen molar-refractivity contribution in [3.05, 3.63) is 64.7 Å². The summed E-state index contributed by atoms with van der Waals surface area (Å²) in [6.45, 7) is 8.83. The molecule has 0 bridgehead atoms. The van der Waals surface area contributed by atoms with Gasteiger partial charge in [0.1, 0.15) is 5.75 Å². The molecule has 2 aromatic carbocycles. The smallest absolute Gasteiger partial charge is 0.261 e. The molecule has 4 heteroatoms. The van der Waals surface area contributed by atoms with Gasteiger partial charge in [0.25, 0.3) is 5.91 Å². The van der Waals surface area contributed by atoms with Crippen LogP contribution in [-0.2, 0) is 10.5 Å². The van der Waals surface area contributed by atoms with E-state index in [1.807, 2.05) is 44.7 Å². The molecule has 0 aliphatic heterocycles. The Morgan fingerprint density at radius 3 is 2.46 bits per heavy atom. The molecule has 0 saturated carbocycles. The number of carbonyl (C=O) groups is 1. The summed E-state index contributed by atoms with van der Waals surface area (Å²) >= 11 is 1.83. The molecule has 2 aromatic rings. The summed E-state index contributed by atoms with van der Waals surface area (Å²) in [5.41, 5.74) is 4.95. The highest BCUT2D eigenvalue weighted by atomic mass is 32.2. The molecule has 0 aromatic heterocycles. The van der Waals surface area contributed by atoms with Crippen LogP contribution in [0.2, 0.25) is 0 Å². The number of nitrogens with one attached hydrogen (secondary N) is 1. The van der Waals surface area contributed by atoms with Crippen LogP contribution < -0.4 is 10.1 Å². The summed E-state index contributed by atoms with van der Waals surface area (Å²) < 4.78 is 5.91. The van der Waals surface area contributed by atoms with Crippen LogP contribution in [0.5, 0.6) is 5.75 Å². The Bertz CT molecular complexity index is 710. The van der Waals surface area contributed by atoms with Gasteiger partial charge in [-0.15, -0.1) is 0 Å². The lowest BCUT2D eigenvalue weighted by Gasteiger charge is -2.18. The Kier molecular flexibility index (Phi) is 8.05. The Balaban J connectivity index is 1.75. The topological polar surface area (TPSA) is 38.3 Å². The lowest BCUT2D eigenvalue weighted by molar-refractivity contribution is -0.127. The van der Waals surface area contributed by atoms with Crippen molar-refractivity contribution in [3.8, 4) is 5.75 Å². The highest BCUT2D eigenvalue weighted by Gasteiger charge is 2.18. The van der Waals surface area contributed by atoms with Crippen molar-refractivity contribution in [2.75, 3.05) is 12.3 Å². The van der Waals surface area contributed by atoms with E-state index in [0.29, 0.717) is 13.0 Å². The van der Waals surface area contributed by atoms with Crippen LogP contribution in [0.1, 0.15) is 35.6 Å². The number of carbonyl (C=O) groups excluding carboxylic acids is 1. The molecular weight excluding hydrogens is 342 g/mol. The molecular formula is C22H29NO2S. The lowest BCUT2D eigenvalue weighted by Crippen LogP contribution is -2.39. The zero-order chi connectivity index (χ0) is 18.9. The van der Waals surface area contributed by atoms with Gasteiger partial charge in [0.2, 0.25) is 0 Å². The van der Waals surface area contributed by atoms with Crippen molar-refractivity contribution in [1.29, 1.82) is 0 Å². The van der Waals surface area contributed by atoms with Gasteiger partial charge in [0.05, 0.1) is 0 Å². The number of aryl methyl sites for hydroxylation is 3. The molecule has 0 heterocycles. The van der Waals surface area contributed by atoms with Crippen LogP contribution in [0.4, 0.5) is 0 Å². The zero-order valence-corrected chi connectivity index (χ0v) is 17.0. The van der Waals surface area contributed by atoms with Crippen LogP contribution in [0.25, 0.3) is 0 Å². The van der Waals surface area contributed by atoms with Crippen LogP contribution in [0, 0.1) is 20.8 Å². The van der Waals surface area contributed by atoms with Gasteiger partial charge in [0, 0.05) is 18.1 Å². The average molecular weight is 372 g/mol. The van der Waals surface area contributed by atoms with Crippen molar-refractivity contribution < 1.29 is 9.53 Å². The van der Waals surface area contributed by atoms with Crippen molar-refractivity contribution in [3.63, 3.8) is 0 Å². The number of benzene rings is 2. The van der Waals surface area contributed by atoms with E-state index in [0.717, 1.165) is 28.4 Å². The Morgan fingerprint density at radius 1 is 1.12 bits per heavy atom. The molecule has 2 rings (SSSR count). The third-order valence-electron chi connectivity index (χ3n) is 4.20. The maximum absolute atomic E-state index is 12.4. The molecule has 0 spiro atoms. The molecule has 1 amide bonds. The molecule has 0 radical (unpaired) electrons. The van der Waals surface area contributed by atoms with E-state index in [4.69, 9.17) is 4.74 Å². The van der Waals surface area contributed by atoms with E-state index in [2.05, 4.69) is 42.6 Å². The van der Waals surface area contributed by atoms with E-state index in [9.17, 15) is 4.79 Å². The van der Waals surface area contributed by atoms with Gasteiger partial charge in [-0.2, -0.15) is 11.8 Å². The molecule has 26 heavy (non-hydrogen) atoms. The summed E-state index contributed by atoms with van der Waals surface area (Å²) in [7, 11) is 0. The monoisotopic (exact) mass is 371 g/mol. The number of amides is 1. The fraction of sp³-hybridized carbons (Fsp3) is 0.409. The molecule has 0 aliphatic rings. The van der Waals surface area contributed by atoms with Crippen LogP contribution >= 0.6 is 11.8 Å². The highest BCUT2D eigenvalue weighted by Crippen LogP contribution is 2.19. The second-order valence-corrected chi connectivity index (χ2v) is 7.71. The fourth-order valence-electron chi connectivity index (χ4n) is 2.80. The molecule has 0 unspecified atom stereocenters. The van der Waals surface area contributed by atoms with Gasteiger partial charge in [-0.25, -0.2) is 0 Å². The molecule has 0 aliphatic carbocycles. The maximum atomic E-state index is 12.4. The largest absolute Gasteiger partial charge is 0.481 e. The van der Waals surface area contributed by atoms with E-state index in [1.54, 1.807) is 0 Å². The van der Waals surface area contributed by atoms with Gasteiger partial charge < -0.3 is 10.1 Å². The molecule has 0 fully saturated rings. The van der Waals surface area contributed by atoms with E-state index >= 15 is 0 Å². The summed E-state index contributed by atoms with van der Waals surface area (Å²) in [5.74, 6) is 2.58. The average Bonchev–Trinajstić information content (AvgIpc) is 2.60. The van der Waals surface area contributed by atoms with Crippen LogP contribution in [0.15, 0.2) is 42.5 Å². The molecule has 140 valence electrons. The minimum absolute atomic E-state index is 0.0387. The first-order valence-corrected chi connectivity index (χ1v) is 10.3. The number of hydrogen-bond donors (Lipinski definition) is 1. The zero-order valence-electron chi connectivity index (χ0n) is 16.2.